The molecule has 2 aromatic heterocycles. The lowest BCUT2D eigenvalue weighted by molar-refractivity contribution is 0.102. The number of carbonyl (C=O) groups excluding carboxylic acids is 1. The summed E-state index contributed by atoms with van der Waals surface area (Å²) in [4.78, 5) is 39.4. The number of aromatic nitrogens is 4. The van der Waals surface area contributed by atoms with Crippen molar-refractivity contribution in [2.75, 3.05) is 5.32 Å². The number of hydrogen-bond donors (Lipinski definition) is 2. The van der Waals surface area contributed by atoms with Gasteiger partial charge in [0.2, 0.25) is 5.13 Å². The van der Waals surface area contributed by atoms with Crippen LogP contribution in [-0.2, 0) is 13.0 Å². The normalized spacial score (nSPS) is 10.8. The van der Waals surface area contributed by atoms with Gasteiger partial charge in [-0.15, -0.1) is 10.2 Å². The average molecular weight is 403 g/mol. The number of nitrogens with one attached hydrogen (secondary N) is 2. The summed E-state index contributed by atoms with van der Waals surface area (Å²) < 4.78 is 14.6. The van der Waals surface area contributed by atoms with Gasteiger partial charge in [-0.25, -0.2) is 9.18 Å². The maximum absolute atomic E-state index is 13.9. The zero-order valence-electron chi connectivity index (χ0n) is 15.1. The van der Waals surface area contributed by atoms with Gasteiger partial charge < -0.3 is 4.98 Å². The number of aryl methyl sites for hydroxylation is 1. The molecule has 1 aromatic carbocycles. The smallest absolute Gasteiger partial charge is 0.313 e. The molecule has 28 heavy (non-hydrogen) atoms. The lowest BCUT2D eigenvalue weighted by atomic mass is 10.2. The van der Waals surface area contributed by atoms with Crippen molar-refractivity contribution in [3.63, 3.8) is 0 Å². The first-order chi connectivity index (χ1) is 13.5. The Bertz CT molecular complexity index is 1100. The van der Waals surface area contributed by atoms with Crippen LogP contribution in [0.4, 0.5) is 9.52 Å². The van der Waals surface area contributed by atoms with Crippen LogP contribution in [0.2, 0.25) is 0 Å². The standard InChI is InChI=1S/C18H18FN5O3S/c1-2-3-8-14-22-23-17(28-14)21-15(25)12-9-20-18(27)24(16(12)26)10-11-6-4-5-7-13(11)19/h4-7,9H,2-3,8,10H2,1H3,(H,20,27)(H,21,23,25). The van der Waals surface area contributed by atoms with Crippen LogP contribution < -0.4 is 16.6 Å². The molecule has 0 atom stereocenters. The highest BCUT2D eigenvalue weighted by Gasteiger charge is 2.17. The summed E-state index contributed by atoms with van der Waals surface area (Å²) >= 11 is 1.23. The predicted octanol–water partition coefficient (Wildman–Crippen LogP) is 2.17. The molecule has 146 valence electrons. The van der Waals surface area contributed by atoms with Crippen LogP contribution in [0.3, 0.4) is 0 Å². The Labute approximate surface area is 163 Å². The molecular formula is C18H18FN5O3S. The molecule has 0 saturated carbocycles. The number of anilines is 1. The van der Waals surface area contributed by atoms with E-state index in [9.17, 15) is 18.8 Å². The van der Waals surface area contributed by atoms with E-state index >= 15 is 0 Å². The second kappa shape index (κ2) is 8.70. The second-order valence-corrected chi connectivity index (χ2v) is 7.11. The fourth-order valence-electron chi connectivity index (χ4n) is 2.51. The molecule has 0 aliphatic heterocycles. The molecule has 8 nitrogen and oxygen atoms in total. The number of halogens is 1. The monoisotopic (exact) mass is 403 g/mol. The van der Waals surface area contributed by atoms with E-state index in [2.05, 4.69) is 27.4 Å². The number of nitrogens with zero attached hydrogens (tertiary/aromatic N) is 3. The minimum atomic E-state index is -0.819. The number of unbranched alkanes of at least 4 members (excludes halogenated alkanes) is 1. The third-order valence-electron chi connectivity index (χ3n) is 4.02. The van der Waals surface area contributed by atoms with Gasteiger partial charge in [0.05, 0.1) is 6.54 Å². The van der Waals surface area contributed by atoms with Crippen molar-refractivity contribution in [3.05, 3.63) is 73.3 Å². The van der Waals surface area contributed by atoms with Gasteiger partial charge in [-0.3, -0.25) is 19.5 Å². The highest BCUT2D eigenvalue weighted by Crippen LogP contribution is 2.17. The van der Waals surface area contributed by atoms with Crippen LogP contribution in [0.1, 0.15) is 40.7 Å². The highest BCUT2D eigenvalue weighted by molar-refractivity contribution is 7.15. The molecule has 0 fully saturated rings. The van der Waals surface area contributed by atoms with Crippen LogP contribution in [0.15, 0.2) is 40.1 Å². The van der Waals surface area contributed by atoms with Gasteiger partial charge in [-0.1, -0.05) is 42.9 Å². The van der Waals surface area contributed by atoms with Gasteiger partial charge in [-0.2, -0.15) is 0 Å². The molecule has 0 aliphatic carbocycles. The summed E-state index contributed by atoms with van der Waals surface area (Å²) in [7, 11) is 0. The Kier molecular flexibility index (Phi) is 6.09. The molecule has 0 saturated heterocycles. The van der Waals surface area contributed by atoms with Crippen molar-refractivity contribution in [1.82, 2.24) is 19.7 Å². The number of H-pyrrole nitrogens is 1. The molecule has 2 heterocycles. The zero-order chi connectivity index (χ0) is 20.1. The molecule has 3 aromatic rings. The Balaban J connectivity index is 1.83. The molecule has 3 rings (SSSR count). The van der Waals surface area contributed by atoms with Gasteiger partial charge in [-0.05, 0) is 12.5 Å². The first kappa shape index (κ1) is 19.6. The molecule has 10 heteroatoms. The minimum Gasteiger partial charge on any atom is -0.313 e. The van der Waals surface area contributed by atoms with Crippen LogP contribution in [0.25, 0.3) is 0 Å². The molecule has 0 bridgehead atoms. The minimum absolute atomic E-state index is 0.164. The average Bonchev–Trinajstić information content (AvgIpc) is 3.12. The van der Waals surface area contributed by atoms with E-state index in [0.29, 0.717) is 0 Å². The fraction of sp³-hybridized carbons (Fsp3) is 0.278. The first-order valence-corrected chi connectivity index (χ1v) is 9.51. The predicted molar refractivity (Wildman–Crippen MR) is 103 cm³/mol. The molecule has 0 spiro atoms. The Morgan fingerprint density at radius 2 is 2.07 bits per heavy atom. The maximum atomic E-state index is 13.9. The molecule has 0 aliphatic rings. The molecule has 0 unspecified atom stereocenters. The molecule has 1 amide bonds. The van der Waals surface area contributed by atoms with E-state index < -0.39 is 23.0 Å². The van der Waals surface area contributed by atoms with Crippen molar-refractivity contribution < 1.29 is 9.18 Å². The fourth-order valence-corrected chi connectivity index (χ4v) is 3.29. The third-order valence-corrected chi connectivity index (χ3v) is 4.92. The molecular weight excluding hydrogens is 385 g/mol. The van der Waals surface area contributed by atoms with Gasteiger partial charge >= 0.3 is 5.69 Å². The summed E-state index contributed by atoms with van der Waals surface area (Å²) in [6, 6.07) is 5.80. The van der Waals surface area contributed by atoms with Crippen LogP contribution in [0.5, 0.6) is 0 Å². The van der Waals surface area contributed by atoms with Crippen molar-refractivity contribution in [2.45, 2.75) is 32.7 Å². The summed E-state index contributed by atoms with van der Waals surface area (Å²) in [5, 5.41) is 11.4. The van der Waals surface area contributed by atoms with Gasteiger partial charge in [0.25, 0.3) is 11.5 Å². The lowest BCUT2D eigenvalue weighted by Crippen LogP contribution is -2.39. The summed E-state index contributed by atoms with van der Waals surface area (Å²) in [6.45, 7) is 1.77. The summed E-state index contributed by atoms with van der Waals surface area (Å²) in [5.74, 6) is -1.26. The quantitative estimate of drug-likeness (QED) is 0.628. The number of hydrogen-bond acceptors (Lipinski definition) is 6. The van der Waals surface area contributed by atoms with Crippen LogP contribution in [0, 0.1) is 5.82 Å². The van der Waals surface area contributed by atoms with Crippen molar-refractivity contribution in [2.24, 2.45) is 0 Å². The molecule has 0 radical (unpaired) electrons. The SMILES string of the molecule is CCCCc1nnc(NC(=O)c2c[nH]c(=O)n(Cc3ccccc3F)c2=O)s1. The van der Waals surface area contributed by atoms with Crippen LogP contribution in [-0.4, -0.2) is 25.7 Å². The van der Waals surface area contributed by atoms with Gasteiger partial charge in [0.1, 0.15) is 16.4 Å². The van der Waals surface area contributed by atoms with Crippen LogP contribution >= 0.6 is 11.3 Å². The van der Waals surface area contributed by atoms with E-state index in [1.54, 1.807) is 6.07 Å². The number of aromatic amines is 1. The highest BCUT2D eigenvalue weighted by atomic mass is 32.1. The number of benzene rings is 1. The first-order valence-electron chi connectivity index (χ1n) is 8.69. The van der Waals surface area contributed by atoms with Gasteiger partial charge in [0, 0.05) is 18.2 Å². The van der Waals surface area contributed by atoms with Crippen molar-refractivity contribution in [1.29, 1.82) is 0 Å². The largest absolute Gasteiger partial charge is 0.328 e. The zero-order valence-corrected chi connectivity index (χ0v) is 15.9. The van der Waals surface area contributed by atoms with Crippen molar-refractivity contribution in [3.8, 4) is 0 Å². The topological polar surface area (TPSA) is 110 Å². The Morgan fingerprint density at radius 1 is 1.29 bits per heavy atom. The van der Waals surface area contributed by atoms with E-state index in [4.69, 9.17) is 0 Å². The number of rotatable bonds is 7. The third kappa shape index (κ3) is 4.39. The number of carbonyl (C=O) groups is 1. The van der Waals surface area contributed by atoms with E-state index in [0.717, 1.165) is 35.0 Å². The Hall–Kier alpha value is -3.14. The summed E-state index contributed by atoms with van der Waals surface area (Å²) in [6.07, 6.45) is 3.78. The Morgan fingerprint density at radius 3 is 2.82 bits per heavy atom. The van der Waals surface area contributed by atoms with E-state index in [-0.39, 0.29) is 22.8 Å². The van der Waals surface area contributed by atoms with E-state index in [1.807, 2.05) is 0 Å². The second-order valence-electron chi connectivity index (χ2n) is 6.05. The molecule has 2 N–H and O–H groups in total. The lowest BCUT2D eigenvalue weighted by Gasteiger charge is -2.07. The van der Waals surface area contributed by atoms with E-state index in [1.165, 1.54) is 29.5 Å². The summed E-state index contributed by atoms with van der Waals surface area (Å²) in [5.41, 5.74) is -1.67. The van der Waals surface area contributed by atoms with Gasteiger partial charge in [0.15, 0.2) is 0 Å². The number of amides is 1. The van der Waals surface area contributed by atoms with Crippen molar-refractivity contribution >= 4 is 22.4 Å². The maximum Gasteiger partial charge on any atom is 0.328 e.